The zero-order valence-electron chi connectivity index (χ0n) is 58.3. The number of aromatic nitrogens is 1. The molecular weight excluding hydrogens is 1370 g/mol. The molecule has 4 aromatic rings. The molecule has 1 heterocycles. The summed E-state index contributed by atoms with van der Waals surface area (Å²) in [5.41, 5.74) is 36.0. The van der Waals surface area contributed by atoms with E-state index in [0.29, 0.717) is 16.7 Å². The number of guanidine groups is 4. The van der Waals surface area contributed by atoms with Crippen LogP contribution in [0, 0.1) is 27.6 Å². The number of aromatic hydroxyl groups is 2. The summed E-state index contributed by atoms with van der Waals surface area (Å²) >= 11 is 0. The standard InChI is InChI=1S/C66H100N24O15/c1-34(2)27-47(86-58(100)49(29-36-17-21-39(93)22-18-36)88-61(103)51(33-91)90-53(95)41(67)30-37-32-81-42-10-4-3-9-40(37)42)57(99)87-48(28-35-15-19-38(92)20-16-35)59(101)89-50(31-52(68)94)60(102)84-44(12-6-24-78-64(71)72)55(97)82-43(11-5-23-77-63(69)70)54(96)83-45(13-7-25-79-65(73)74)56(98)85-46(62(104)105)14-8-26-80-66(75)76/h3-4,9-10,15-22,32,34,41,43-51,81,91-93H,5-8,11-14,23-31,33,67H2,1-2H3,(H2,68,94)(H,82,97)(H,83,96)(H,84,102)(H,85,98)(H,86,100)(H,87,99)(H,88,103)(H,89,101)(H,90,95)(H,104,105)(H4,69,70,77)(H4,71,72,78)(H4,73,74,79)(H4,75,76,80)/t41-,43-,44-,45-,46-,47-,48-,49-,50-,51-/m0/s1. The van der Waals surface area contributed by atoms with Gasteiger partial charge in [0.1, 0.15) is 65.9 Å². The summed E-state index contributed by atoms with van der Waals surface area (Å²) in [7, 11) is 0. The molecule has 1 aromatic heterocycles. The van der Waals surface area contributed by atoms with Gasteiger partial charge in [0, 0.05) is 56.1 Å². The van der Waals surface area contributed by atoms with Crippen LogP contribution in [0.15, 0.2) is 79.0 Å². The second-order valence-corrected chi connectivity index (χ2v) is 25.2. The number of para-hydroxylation sites is 1. The molecule has 0 fully saturated rings. The van der Waals surface area contributed by atoms with E-state index < -0.39 is 156 Å². The Morgan fingerprint density at radius 1 is 0.429 bits per heavy atom. The van der Waals surface area contributed by atoms with Gasteiger partial charge in [-0.1, -0.05) is 56.3 Å². The van der Waals surface area contributed by atoms with Gasteiger partial charge in [0.15, 0.2) is 23.8 Å². The van der Waals surface area contributed by atoms with Crippen LogP contribution >= 0.6 is 0 Å². The van der Waals surface area contributed by atoms with Crippen molar-refractivity contribution in [3.63, 3.8) is 0 Å². The highest BCUT2D eigenvalue weighted by atomic mass is 16.4. The number of benzene rings is 3. The third kappa shape index (κ3) is 31.4. The molecular formula is C66H100N24O15. The van der Waals surface area contributed by atoms with E-state index in [1.165, 1.54) is 48.5 Å². The summed E-state index contributed by atoms with van der Waals surface area (Å²) in [4.78, 5) is 158. The fraction of sp³-hybridized carbons (Fsp3) is 0.470. The van der Waals surface area contributed by atoms with Gasteiger partial charge in [0.2, 0.25) is 59.1 Å². The molecule has 0 saturated heterocycles. The van der Waals surface area contributed by atoms with E-state index in [9.17, 15) is 73.2 Å². The van der Waals surface area contributed by atoms with Crippen molar-refractivity contribution < 1.29 is 73.2 Å². The number of hydrogen-bond acceptors (Lipinski definition) is 19. The Balaban J connectivity index is 1.66. The van der Waals surface area contributed by atoms with Crippen LogP contribution in [-0.2, 0) is 72.0 Å². The average Bonchev–Trinajstić information content (AvgIpc) is 1.52. The molecule has 0 aliphatic carbocycles. The van der Waals surface area contributed by atoms with Crippen LogP contribution < -0.4 is 104 Å². The lowest BCUT2D eigenvalue weighted by atomic mass is 9.99. The quantitative estimate of drug-likeness (QED) is 0.0111. The second-order valence-electron chi connectivity index (χ2n) is 25.2. The van der Waals surface area contributed by atoms with Crippen molar-refractivity contribution in [1.29, 1.82) is 21.6 Å². The Labute approximate surface area is 604 Å². The molecule has 4 rings (SSSR count). The lowest BCUT2D eigenvalue weighted by molar-refractivity contribution is -0.142. The Morgan fingerprint density at radius 3 is 1.15 bits per heavy atom. The van der Waals surface area contributed by atoms with Crippen molar-refractivity contribution in [1.82, 2.24) is 74.1 Å². The lowest BCUT2D eigenvalue weighted by Gasteiger charge is -2.28. The van der Waals surface area contributed by atoms with Crippen molar-refractivity contribution in [3.05, 3.63) is 95.7 Å². The number of H-pyrrole nitrogens is 1. The smallest absolute Gasteiger partial charge is 0.326 e. The number of carbonyl (C=O) groups excluding carboxylic acids is 10. The summed E-state index contributed by atoms with van der Waals surface area (Å²) in [6.07, 6.45) is -0.670. The van der Waals surface area contributed by atoms with Crippen molar-refractivity contribution in [3.8, 4) is 11.5 Å². The Hall–Kier alpha value is -12.0. The molecule has 0 unspecified atom stereocenters. The van der Waals surface area contributed by atoms with Crippen LogP contribution in [0.1, 0.15) is 94.7 Å². The van der Waals surface area contributed by atoms with E-state index in [-0.39, 0.29) is 127 Å². The van der Waals surface area contributed by atoms with Crippen LogP contribution in [0.2, 0.25) is 0 Å². The molecule has 0 bridgehead atoms. The number of hydrogen-bond donors (Lipinski definition) is 28. The number of phenols is 2. The first kappa shape index (κ1) is 85.4. The number of aromatic amines is 1. The van der Waals surface area contributed by atoms with E-state index in [0.717, 1.165) is 10.9 Å². The van der Waals surface area contributed by atoms with Gasteiger partial charge >= 0.3 is 5.97 Å². The minimum atomic E-state index is -1.94. The highest BCUT2D eigenvalue weighted by molar-refractivity contribution is 6.00. The third-order valence-corrected chi connectivity index (χ3v) is 16.1. The number of nitrogens with one attached hydrogen (secondary N) is 18. The highest BCUT2D eigenvalue weighted by Gasteiger charge is 2.37. The molecule has 10 atom stereocenters. The van der Waals surface area contributed by atoms with E-state index in [1.807, 2.05) is 24.3 Å². The van der Waals surface area contributed by atoms with Gasteiger partial charge in [-0.3, -0.25) is 69.6 Å². The van der Waals surface area contributed by atoms with Crippen LogP contribution in [0.5, 0.6) is 11.5 Å². The van der Waals surface area contributed by atoms with Gasteiger partial charge in [-0.15, -0.1) is 0 Å². The van der Waals surface area contributed by atoms with Gasteiger partial charge < -0.3 is 129 Å². The first-order valence-electron chi connectivity index (χ1n) is 33.8. The third-order valence-electron chi connectivity index (χ3n) is 16.1. The fourth-order valence-electron chi connectivity index (χ4n) is 10.7. The molecule has 105 heavy (non-hydrogen) atoms. The molecule has 39 heteroatoms. The average molecular weight is 1470 g/mol. The number of aliphatic hydroxyl groups excluding tert-OH is 1. The zero-order valence-corrected chi connectivity index (χ0v) is 58.3. The summed E-state index contributed by atoms with van der Waals surface area (Å²) in [5.74, 6) is -14.1. The molecule has 0 aliphatic heterocycles. The van der Waals surface area contributed by atoms with Gasteiger partial charge in [0.05, 0.1) is 19.1 Å². The lowest BCUT2D eigenvalue weighted by Crippen LogP contribution is -2.61. The zero-order chi connectivity index (χ0) is 77.9. The monoisotopic (exact) mass is 1470 g/mol. The molecule has 0 spiro atoms. The molecule has 34 N–H and O–H groups in total. The number of carboxylic acid groups (broad SMARTS) is 1. The number of aliphatic carboxylic acids is 1. The Morgan fingerprint density at radius 2 is 0.762 bits per heavy atom. The minimum Gasteiger partial charge on any atom is -0.508 e. The number of phenolic OH excluding ortho intramolecular Hbond substituents is 2. The van der Waals surface area contributed by atoms with Crippen molar-refractivity contribution in [2.24, 2.45) is 40.3 Å². The van der Waals surface area contributed by atoms with Crippen LogP contribution in [0.3, 0.4) is 0 Å². The van der Waals surface area contributed by atoms with Gasteiger partial charge in [0.25, 0.3) is 0 Å². The molecule has 10 amide bonds. The minimum absolute atomic E-state index is 0.0180. The van der Waals surface area contributed by atoms with E-state index in [1.54, 1.807) is 20.0 Å². The summed E-state index contributed by atoms with van der Waals surface area (Å²) in [6, 6.07) is 2.46. The predicted octanol–water partition coefficient (Wildman–Crippen LogP) is -5.65. The maximum Gasteiger partial charge on any atom is 0.326 e. The largest absolute Gasteiger partial charge is 0.508 e. The number of fused-ring (bicyclic) bond motifs is 1. The maximum atomic E-state index is 14.8. The fourth-order valence-corrected chi connectivity index (χ4v) is 10.7. The van der Waals surface area contributed by atoms with Crippen LogP contribution in [0.4, 0.5) is 0 Å². The number of carbonyl (C=O) groups is 11. The normalized spacial score (nSPS) is 13.8. The van der Waals surface area contributed by atoms with E-state index >= 15 is 0 Å². The Bertz CT molecular complexity index is 3650. The van der Waals surface area contributed by atoms with Gasteiger partial charge in [-0.05, 0) is 117 Å². The number of carboxylic acids is 1. The molecule has 0 aliphatic rings. The highest BCUT2D eigenvalue weighted by Crippen LogP contribution is 2.20. The molecule has 574 valence electrons. The SMILES string of the molecule is CC(C)C[C@H](NC(=O)[C@H](Cc1ccc(O)cc1)NC(=O)[C@H](CO)NC(=O)[C@@H](N)Cc1c[nH]c2ccccc12)C(=O)N[C@@H](Cc1ccc(O)cc1)C(=O)N[C@@H](CC(N)=O)C(=O)N[C@@H](CCCNC(=N)N)C(=O)N[C@@H](CCCNC(=N)N)C(=O)N[C@@H](CCCNC(=N)N)C(=O)N[C@@H](CCCNC(=N)N)C(=O)O. The first-order valence-corrected chi connectivity index (χ1v) is 33.8. The molecule has 0 saturated carbocycles. The van der Waals surface area contributed by atoms with Crippen molar-refractivity contribution in [2.75, 3.05) is 32.8 Å². The predicted molar refractivity (Wildman–Crippen MR) is 386 cm³/mol. The summed E-state index contributed by atoms with van der Waals surface area (Å²) < 4.78 is 0. The first-order chi connectivity index (χ1) is 49.7. The number of amides is 10. The molecule has 39 nitrogen and oxygen atoms in total. The summed E-state index contributed by atoms with van der Waals surface area (Å²) in [5, 5.41) is 105. The van der Waals surface area contributed by atoms with Crippen molar-refractivity contribution >= 4 is 99.8 Å². The maximum absolute atomic E-state index is 14.8. The molecule has 0 radical (unpaired) electrons. The second kappa shape index (κ2) is 43.7. The number of aliphatic hydroxyl groups is 1. The van der Waals surface area contributed by atoms with Crippen molar-refractivity contribution in [2.45, 2.75) is 158 Å². The number of nitrogens with two attached hydrogens (primary N) is 6. The Kier molecular flexibility index (Phi) is 35.5. The number of primary amides is 1. The van der Waals surface area contributed by atoms with Gasteiger partial charge in [-0.2, -0.15) is 0 Å². The van der Waals surface area contributed by atoms with E-state index in [4.69, 9.17) is 56.0 Å². The molecule has 3 aromatic carbocycles. The summed E-state index contributed by atoms with van der Waals surface area (Å²) in [6.45, 7) is 2.50. The topological polar surface area (TPSA) is 692 Å². The van der Waals surface area contributed by atoms with Gasteiger partial charge in [-0.25, -0.2) is 4.79 Å². The van der Waals surface area contributed by atoms with Crippen LogP contribution in [-0.4, -0.2) is 207 Å². The van der Waals surface area contributed by atoms with Crippen LogP contribution in [0.25, 0.3) is 10.9 Å². The number of rotatable bonds is 46. The van der Waals surface area contributed by atoms with E-state index in [2.05, 4.69) is 74.1 Å².